The quantitative estimate of drug-likeness (QED) is 0.614. The van der Waals surface area contributed by atoms with Crippen LogP contribution >= 0.6 is 0 Å². The Morgan fingerprint density at radius 1 is 0.893 bits per heavy atom. The molecule has 2 aromatic carbocycles. The molecule has 28 heavy (non-hydrogen) atoms. The highest BCUT2D eigenvalue weighted by molar-refractivity contribution is 5.77. The standard InChI is InChI=1S/C25H26N2O/c28-25(17-16-20-9-3-1-4-10-20)27-18-8-15-24(27)23-14-7-13-22(26-23)19-21-11-5-2-6-12-21/h1-7,9-14,24H,8,15-19H2/t24-/m0/s1. The second kappa shape index (κ2) is 8.83. The van der Waals surface area contributed by atoms with E-state index in [0.29, 0.717) is 6.42 Å². The number of aromatic nitrogens is 1. The number of amides is 1. The van der Waals surface area contributed by atoms with Crippen LogP contribution in [0.2, 0.25) is 0 Å². The van der Waals surface area contributed by atoms with Gasteiger partial charge in [0.2, 0.25) is 5.91 Å². The van der Waals surface area contributed by atoms with Crippen LogP contribution in [0, 0.1) is 0 Å². The Bertz CT molecular complexity index is 908. The van der Waals surface area contributed by atoms with Crippen molar-refractivity contribution in [1.29, 1.82) is 0 Å². The zero-order valence-corrected chi connectivity index (χ0v) is 16.1. The summed E-state index contributed by atoms with van der Waals surface area (Å²) in [5, 5.41) is 0. The minimum absolute atomic E-state index is 0.110. The van der Waals surface area contributed by atoms with Gasteiger partial charge in [-0.25, -0.2) is 0 Å². The van der Waals surface area contributed by atoms with Crippen molar-refractivity contribution in [1.82, 2.24) is 9.88 Å². The number of rotatable bonds is 6. The molecule has 1 aliphatic rings. The maximum atomic E-state index is 12.9. The van der Waals surface area contributed by atoms with Gasteiger partial charge in [-0.2, -0.15) is 0 Å². The third kappa shape index (κ3) is 4.48. The Balaban J connectivity index is 1.44. The molecular weight excluding hydrogens is 344 g/mol. The summed E-state index contributed by atoms with van der Waals surface area (Å²) in [4.78, 5) is 19.8. The highest BCUT2D eigenvalue weighted by Gasteiger charge is 2.30. The average Bonchev–Trinajstić information content (AvgIpc) is 3.24. The van der Waals surface area contributed by atoms with Gasteiger partial charge >= 0.3 is 0 Å². The van der Waals surface area contributed by atoms with E-state index in [0.717, 1.165) is 43.6 Å². The summed E-state index contributed by atoms with van der Waals surface area (Å²) in [6, 6.07) is 27.0. The molecule has 0 saturated carbocycles. The maximum Gasteiger partial charge on any atom is 0.223 e. The second-order valence-corrected chi connectivity index (χ2v) is 7.45. The molecule has 1 aliphatic heterocycles. The van der Waals surface area contributed by atoms with Crippen molar-refractivity contribution in [3.05, 3.63) is 101 Å². The summed E-state index contributed by atoms with van der Waals surface area (Å²) in [6.07, 6.45) is 4.23. The van der Waals surface area contributed by atoms with Crippen LogP contribution in [0.25, 0.3) is 0 Å². The van der Waals surface area contributed by atoms with Crippen molar-refractivity contribution >= 4 is 5.91 Å². The van der Waals surface area contributed by atoms with Crippen LogP contribution in [0.5, 0.6) is 0 Å². The van der Waals surface area contributed by atoms with Gasteiger partial charge in [0.1, 0.15) is 0 Å². The van der Waals surface area contributed by atoms with Gasteiger partial charge in [-0.3, -0.25) is 9.78 Å². The molecule has 3 aromatic rings. The molecular formula is C25H26N2O. The van der Waals surface area contributed by atoms with Crippen LogP contribution in [0.15, 0.2) is 78.9 Å². The molecule has 142 valence electrons. The smallest absolute Gasteiger partial charge is 0.223 e. The van der Waals surface area contributed by atoms with Gasteiger partial charge in [0.15, 0.2) is 0 Å². The van der Waals surface area contributed by atoms with E-state index in [1.165, 1.54) is 11.1 Å². The van der Waals surface area contributed by atoms with E-state index in [9.17, 15) is 4.79 Å². The maximum absolute atomic E-state index is 12.9. The zero-order valence-electron chi connectivity index (χ0n) is 16.1. The minimum Gasteiger partial charge on any atom is -0.334 e. The lowest BCUT2D eigenvalue weighted by Gasteiger charge is -2.25. The van der Waals surface area contributed by atoms with Gasteiger partial charge in [-0.05, 0) is 42.5 Å². The van der Waals surface area contributed by atoms with Gasteiger partial charge in [0, 0.05) is 25.1 Å². The predicted octanol–water partition coefficient (Wildman–Crippen LogP) is 4.97. The summed E-state index contributed by atoms with van der Waals surface area (Å²) in [6.45, 7) is 0.836. The Hall–Kier alpha value is -2.94. The molecule has 2 heterocycles. The summed E-state index contributed by atoms with van der Waals surface area (Å²) in [5.74, 6) is 0.238. The monoisotopic (exact) mass is 370 g/mol. The van der Waals surface area contributed by atoms with E-state index in [-0.39, 0.29) is 11.9 Å². The van der Waals surface area contributed by atoms with E-state index in [1.54, 1.807) is 0 Å². The SMILES string of the molecule is O=C(CCc1ccccc1)N1CCC[C@H]1c1cccc(Cc2ccccc2)n1. The largest absolute Gasteiger partial charge is 0.334 e. The van der Waals surface area contributed by atoms with Crippen LogP contribution in [0.3, 0.4) is 0 Å². The molecule has 0 N–H and O–H groups in total. The van der Waals surface area contributed by atoms with Gasteiger partial charge in [-0.15, -0.1) is 0 Å². The lowest BCUT2D eigenvalue weighted by Crippen LogP contribution is -2.31. The molecule has 4 rings (SSSR count). The highest BCUT2D eigenvalue weighted by atomic mass is 16.2. The fraction of sp³-hybridized carbons (Fsp3) is 0.280. The Morgan fingerprint density at radius 3 is 2.36 bits per heavy atom. The number of hydrogen-bond acceptors (Lipinski definition) is 2. The number of pyridine rings is 1. The zero-order chi connectivity index (χ0) is 19.2. The third-order valence-corrected chi connectivity index (χ3v) is 5.44. The summed E-state index contributed by atoms with van der Waals surface area (Å²) >= 11 is 0. The highest BCUT2D eigenvalue weighted by Crippen LogP contribution is 2.31. The molecule has 0 aliphatic carbocycles. The lowest BCUT2D eigenvalue weighted by molar-refractivity contribution is -0.132. The number of carbonyl (C=O) groups excluding carboxylic acids is 1. The fourth-order valence-corrected chi connectivity index (χ4v) is 4.00. The average molecular weight is 370 g/mol. The first-order chi connectivity index (χ1) is 13.8. The molecule has 1 amide bonds. The van der Waals surface area contributed by atoms with E-state index in [2.05, 4.69) is 54.6 Å². The van der Waals surface area contributed by atoms with Crippen LogP contribution in [-0.2, 0) is 17.6 Å². The van der Waals surface area contributed by atoms with Crippen LogP contribution < -0.4 is 0 Å². The van der Waals surface area contributed by atoms with Crippen molar-refractivity contribution in [2.45, 2.75) is 38.1 Å². The molecule has 3 nitrogen and oxygen atoms in total. The van der Waals surface area contributed by atoms with Crippen LogP contribution in [0.1, 0.15) is 47.8 Å². The number of carbonyl (C=O) groups is 1. The number of aryl methyl sites for hydroxylation is 1. The topological polar surface area (TPSA) is 33.2 Å². The Labute approximate surface area is 167 Å². The molecule has 0 radical (unpaired) electrons. The third-order valence-electron chi connectivity index (χ3n) is 5.44. The van der Waals surface area contributed by atoms with E-state index < -0.39 is 0 Å². The predicted molar refractivity (Wildman–Crippen MR) is 112 cm³/mol. The first kappa shape index (κ1) is 18.4. The second-order valence-electron chi connectivity index (χ2n) is 7.45. The van der Waals surface area contributed by atoms with E-state index in [1.807, 2.05) is 29.2 Å². The first-order valence-corrected chi connectivity index (χ1v) is 10.1. The van der Waals surface area contributed by atoms with Crippen molar-refractivity contribution in [2.24, 2.45) is 0 Å². The molecule has 1 atom stereocenters. The molecule has 3 heteroatoms. The number of nitrogens with zero attached hydrogens (tertiary/aromatic N) is 2. The van der Waals surface area contributed by atoms with Gasteiger partial charge < -0.3 is 4.90 Å². The van der Waals surface area contributed by atoms with Gasteiger partial charge in [0.25, 0.3) is 0 Å². The number of benzene rings is 2. The number of likely N-dealkylation sites (tertiary alicyclic amines) is 1. The minimum atomic E-state index is 0.110. The molecule has 0 bridgehead atoms. The number of hydrogen-bond donors (Lipinski definition) is 0. The van der Waals surface area contributed by atoms with Crippen molar-refractivity contribution in [3.8, 4) is 0 Å². The van der Waals surface area contributed by atoms with Crippen molar-refractivity contribution in [2.75, 3.05) is 6.54 Å². The summed E-state index contributed by atoms with van der Waals surface area (Å²) in [5.41, 5.74) is 4.57. The molecule has 0 spiro atoms. The molecule has 1 fully saturated rings. The van der Waals surface area contributed by atoms with Crippen LogP contribution in [-0.4, -0.2) is 22.3 Å². The van der Waals surface area contributed by atoms with Crippen molar-refractivity contribution in [3.63, 3.8) is 0 Å². The Kier molecular flexibility index (Phi) is 5.81. The fourth-order valence-electron chi connectivity index (χ4n) is 4.00. The van der Waals surface area contributed by atoms with E-state index in [4.69, 9.17) is 4.98 Å². The molecule has 1 saturated heterocycles. The summed E-state index contributed by atoms with van der Waals surface area (Å²) in [7, 11) is 0. The van der Waals surface area contributed by atoms with Crippen molar-refractivity contribution < 1.29 is 4.79 Å². The Morgan fingerprint density at radius 2 is 1.61 bits per heavy atom. The van der Waals surface area contributed by atoms with Gasteiger partial charge in [0.05, 0.1) is 11.7 Å². The molecule has 1 aromatic heterocycles. The van der Waals surface area contributed by atoms with Crippen LogP contribution in [0.4, 0.5) is 0 Å². The first-order valence-electron chi connectivity index (χ1n) is 10.1. The lowest BCUT2D eigenvalue weighted by atomic mass is 10.1. The summed E-state index contributed by atoms with van der Waals surface area (Å²) < 4.78 is 0. The van der Waals surface area contributed by atoms with Gasteiger partial charge in [-0.1, -0.05) is 66.7 Å². The normalized spacial score (nSPS) is 16.3. The van der Waals surface area contributed by atoms with E-state index >= 15 is 0 Å². The molecule has 0 unspecified atom stereocenters.